The lowest BCUT2D eigenvalue weighted by Crippen LogP contribution is -2.42. The Kier molecular flexibility index (Phi) is 3.82. The molecular formula is C12H15F3N2O2. The van der Waals surface area contributed by atoms with Crippen molar-refractivity contribution in [1.82, 2.24) is 10.6 Å². The van der Waals surface area contributed by atoms with Crippen LogP contribution in [0.1, 0.15) is 12.8 Å². The van der Waals surface area contributed by atoms with Crippen LogP contribution in [-0.4, -0.2) is 31.1 Å². The van der Waals surface area contributed by atoms with Crippen LogP contribution in [-0.2, 0) is 9.59 Å². The molecule has 0 aliphatic heterocycles. The Hall–Kier alpha value is -1.53. The van der Waals surface area contributed by atoms with E-state index in [1.165, 1.54) is 0 Å². The van der Waals surface area contributed by atoms with Gasteiger partial charge in [0.2, 0.25) is 5.91 Å². The number of hydrogen-bond donors (Lipinski definition) is 2. The van der Waals surface area contributed by atoms with Crippen molar-refractivity contribution in [3.63, 3.8) is 0 Å². The molecule has 0 spiro atoms. The Morgan fingerprint density at radius 3 is 2.32 bits per heavy atom. The van der Waals surface area contributed by atoms with Gasteiger partial charge in [0.05, 0.1) is 0 Å². The Morgan fingerprint density at radius 1 is 1.11 bits per heavy atom. The normalized spacial score (nSPS) is 28.5. The molecule has 0 radical (unpaired) electrons. The molecule has 0 aromatic carbocycles. The molecule has 0 aromatic heterocycles. The summed E-state index contributed by atoms with van der Waals surface area (Å²) in [5.41, 5.74) is 0. The van der Waals surface area contributed by atoms with Crippen LogP contribution in [0.2, 0.25) is 0 Å². The SMILES string of the molecule is O=C(NCCNC(=O)C(F)(F)F)[C@H]1C[C@H]2C=C[C@@H]1C2. The van der Waals surface area contributed by atoms with Crippen molar-refractivity contribution < 1.29 is 22.8 Å². The second kappa shape index (κ2) is 5.22. The number of carbonyl (C=O) groups is 2. The maximum absolute atomic E-state index is 11.9. The van der Waals surface area contributed by atoms with Gasteiger partial charge >= 0.3 is 12.1 Å². The zero-order chi connectivity index (χ0) is 14.0. The molecule has 2 bridgehead atoms. The lowest BCUT2D eigenvalue weighted by atomic mass is 9.93. The number of amides is 2. The summed E-state index contributed by atoms with van der Waals surface area (Å²) in [7, 11) is 0. The van der Waals surface area contributed by atoms with Crippen molar-refractivity contribution in [2.45, 2.75) is 19.0 Å². The second-order valence-electron chi connectivity index (χ2n) is 4.93. The smallest absolute Gasteiger partial charge is 0.354 e. The summed E-state index contributed by atoms with van der Waals surface area (Å²) >= 11 is 0. The van der Waals surface area contributed by atoms with Gasteiger partial charge in [-0.15, -0.1) is 0 Å². The van der Waals surface area contributed by atoms with E-state index in [0.717, 1.165) is 12.8 Å². The van der Waals surface area contributed by atoms with Crippen LogP contribution in [0.4, 0.5) is 13.2 Å². The molecule has 1 saturated carbocycles. The van der Waals surface area contributed by atoms with E-state index in [2.05, 4.69) is 11.4 Å². The summed E-state index contributed by atoms with van der Waals surface area (Å²) in [5.74, 6) is -1.48. The Balaban J connectivity index is 1.65. The fourth-order valence-electron chi connectivity index (χ4n) is 2.68. The van der Waals surface area contributed by atoms with E-state index in [4.69, 9.17) is 0 Å². The predicted octanol–water partition coefficient (Wildman–Crippen LogP) is 0.993. The summed E-state index contributed by atoms with van der Waals surface area (Å²) in [6, 6.07) is 0. The molecule has 106 valence electrons. The quantitative estimate of drug-likeness (QED) is 0.594. The molecule has 3 atom stereocenters. The fourth-order valence-corrected chi connectivity index (χ4v) is 2.68. The van der Waals surface area contributed by atoms with E-state index >= 15 is 0 Å². The second-order valence-corrected chi connectivity index (χ2v) is 4.93. The minimum Gasteiger partial charge on any atom is -0.354 e. The Bertz CT molecular complexity index is 406. The Labute approximate surface area is 108 Å². The molecule has 2 amide bonds. The summed E-state index contributed by atoms with van der Waals surface area (Å²) in [6.07, 6.45) is 1.06. The minimum absolute atomic E-state index is 0.0122. The van der Waals surface area contributed by atoms with Gasteiger partial charge in [0.1, 0.15) is 0 Å². The first-order valence-corrected chi connectivity index (χ1v) is 6.19. The maximum Gasteiger partial charge on any atom is 0.471 e. The van der Waals surface area contributed by atoms with Crippen molar-refractivity contribution in [2.24, 2.45) is 17.8 Å². The van der Waals surface area contributed by atoms with Crippen molar-refractivity contribution in [2.75, 3.05) is 13.1 Å². The molecule has 2 rings (SSSR count). The van der Waals surface area contributed by atoms with Gasteiger partial charge in [0.15, 0.2) is 0 Å². The standard InChI is InChI=1S/C12H15F3N2O2/c13-12(14,15)11(19)17-4-3-16-10(18)9-6-7-1-2-8(9)5-7/h1-2,7-9H,3-6H2,(H,16,18)(H,17,19)/t7-,8+,9-/m0/s1. The van der Waals surface area contributed by atoms with Crippen LogP contribution in [0.15, 0.2) is 12.2 Å². The zero-order valence-corrected chi connectivity index (χ0v) is 10.2. The average Bonchev–Trinajstić information content (AvgIpc) is 2.94. The van der Waals surface area contributed by atoms with Crippen LogP contribution in [0.25, 0.3) is 0 Å². The Morgan fingerprint density at radius 2 is 1.79 bits per heavy atom. The molecule has 0 aromatic rings. The van der Waals surface area contributed by atoms with Crippen LogP contribution >= 0.6 is 0 Å². The lowest BCUT2D eigenvalue weighted by Gasteiger charge is -2.17. The highest BCUT2D eigenvalue weighted by atomic mass is 19.4. The first-order chi connectivity index (χ1) is 8.88. The summed E-state index contributed by atoms with van der Waals surface area (Å²) in [4.78, 5) is 22.3. The number of alkyl halides is 3. The molecule has 0 unspecified atom stereocenters. The van der Waals surface area contributed by atoms with Crippen molar-refractivity contribution >= 4 is 11.8 Å². The number of hydrogen-bond acceptors (Lipinski definition) is 2. The van der Waals surface area contributed by atoms with Crippen LogP contribution in [0.3, 0.4) is 0 Å². The van der Waals surface area contributed by atoms with E-state index < -0.39 is 12.1 Å². The number of rotatable bonds is 4. The number of halogens is 3. The third-order valence-electron chi connectivity index (χ3n) is 3.58. The highest BCUT2D eigenvalue weighted by Gasteiger charge is 2.40. The number of allylic oxidation sites excluding steroid dienone is 2. The topological polar surface area (TPSA) is 58.2 Å². The van der Waals surface area contributed by atoms with Gasteiger partial charge in [-0.25, -0.2) is 0 Å². The minimum atomic E-state index is -4.88. The third-order valence-corrected chi connectivity index (χ3v) is 3.58. The third kappa shape index (κ3) is 3.27. The van der Waals surface area contributed by atoms with E-state index in [1.54, 1.807) is 5.32 Å². The average molecular weight is 276 g/mol. The van der Waals surface area contributed by atoms with Gasteiger partial charge in [0, 0.05) is 19.0 Å². The van der Waals surface area contributed by atoms with E-state index in [0.29, 0.717) is 5.92 Å². The van der Waals surface area contributed by atoms with Gasteiger partial charge < -0.3 is 10.6 Å². The highest BCUT2D eigenvalue weighted by molar-refractivity contribution is 5.82. The van der Waals surface area contributed by atoms with Gasteiger partial charge in [0.25, 0.3) is 0 Å². The van der Waals surface area contributed by atoms with Crippen molar-refractivity contribution in [3.8, 4) is 0 Å². The molecule has 7 heteroatoms. The fraction of sp³-hybridized carbons (Fsp3) is 0.667. The molecule has 2 N–H and O–H groups in total. The molecule has 0 saturated heterocycles. The van der Waals surface area contributed by atoms with Gasteiger partial charge in [-0.05, 0) is 24.7 Å². The van der Waals surface area contributed by atoms with Crippen molar-refractivity contribution in [3.05, 3.63) is 12.2 Å². The van der Waals surface area contributed by atoms with E-state index in [1.807, 2.05) is 6.08 Å². The maximum atomic E-state index is 11.9. The monoisotopic (exact) mass is 276 g/mol. The van der Waals surface area contributed by atoms with Crippen LogP contribution in [0.5, 0.6) is 0 Å². The van der Waals surface area contributed by atoms with E-state index in [-0.39, 0.29) is 30.8 Å². The number of carbonyl (C=O) groups excluding carboxylic acids is 2. The summed E-state index contributed by atoms with van der Waals surface area (Å²) in [6.45, 7) is -0.209. The van der Waals surface area contributed by atoms with E-state index in [9.17, 15) is 22.8 Å². The van der Waals surface area contributed by atoms with Gasteiger partial charge in [-0.3, -0.25) is 9.59 Å². The van der Waals surface area contributed by atoms with Crippen LogP contribution < -0.4 is 10.6 Å². The molecule has 2 aliphatic rings. The van der Waals surface area contributed by atoms with Crippen LogP contribution in [0, 0.1) is 17.8 Å². The lowest BCUT2D eigenvalue weighted by molar-refractivity contribution is -0.173. The zero-order valence-electron chi connectivity index (χ0n) is 10.2. The molecule has 4 nitrogen and oxygen atoms in total. The molecular weight excluding hydrogens is 261 g/mol. The molecule has 19 heavy (non-hydrogen) atoms. The molecule has 0 heterocycles. The first kappa shape index (κ1) is 13.9. The largest absolute Gasteiger partial charge is 0.471 e. The first-order valence-electron chi connectivity index (χ1n) is 6.19. The van der Waals surface area contributed by atoms with Gasteiger partial charge in [-0.1, -0.05) is 12.2 Å². The molecule has 2 aliphatic carbocycles. The van der Waals surface area contributed by atoms with Gasteiger partial charge in [-0.2, -0.15) is 13.2 Å². The van der Waals surface area contributed by atoms with Crippen molar-refractivity contribution in [1.29, 1.82) is 0 Å². The summed E-state index contributed by atoms with van der Waals surface area (Å²) in [5, 5.41) is 4.27. The summed E-state index contributed by atoms with van der Waals surface area (Å²) < 4.78 is 35.6. The predicted molar refractivity (Wildman–Crippen MR) is 60.9 cm³/mol. The molecule has 1 fully saturated rings. The number of nitrogens with one attached hydrogen (secondary N) is 2. The highest BCUT2D eigenvalue weighted by Crippen LogP contribution is 2.43. The number of fused-ring (bicyclic) bond motifs is 2.